The molecular weight excluding hydrogens is 434 g/mol. The molecule has 1 aliphatic heterocycles. The van der Waals surface area contributed by atoms with Crippen molar-refractivity contribution >= 4 is 43.7 Å². The van der Waals surface area contributed by atoms with Gasteiger partial charge in [0.05, 0.1) is 22.2 Å². The Bertz CT molecular complexity index is 1700. The molecule has 0 aliphatic carbocycles. The van der Waals surface area contributed by atoms with Gasteiger partial charge in [-0.25, -0.2) is 0 Å². The molecule has 35 heavy (non-hydrogen) atoms. The van der Waals surface area contributed by atoms with Crippen molar-refractivity contribution in [2.75, 3.05) is 0 Å². The summed E-state index contributed by atoms with van der Waals surface area (Å²) in [6, 6.07) is 29.8. The van der Waals surface area contributed by atoms with Gasteiger partial charge in [0.2, 0.25) is 0 Å². The van der Waals surface area contributed by atoms with Gasteiger partial charge in [0, 0.05) is 32.8 Å². The fraction of sp³-hybridized carbons (Fsp3) is 0.226. The van der Waals surface area contributed by atoms with Crippen LogP contribution in [-0.2, 0) is 9.47 Å². The topological polar surface area (TPSA) is 36.5 Å². The minimum atomic E-state index is -0.408. The number of rotatable bonds is 2. The zero-order valence-corrected chi connectivity index (χ0v) is 20.3. The van der Waals surface area contributed by atoms with Gasteiger partial charge in [-0.2, -0.15) is 0 Å². The molecule has 1 aliphatic rings. The molecule has 0 bridgehead atoms. The lowest BCUT2D eigenvalue weighted by molar-refractivity contribution is -0.0894. The molecule has 1 saturated heterocycles. The second kappa shape index (κ2) is 6.97. The van der Waals surface area contributed by atoms with Crippen LogP contribution in [0.15, 0.2) is 89.3 Å². The third-order valence-electron chi connectivity index (χ3n) is 7.84. The van der Waals surface area contributed by atoms with Crippen LogP contribution in [0.5, 0.6) is 0 Å². The van der Waals surface area contributed by atoms with E-state index in [0.717, 1.165) is 33.2 Å². The molecule has 0 unspecified atom stereocenters. The van der Waals surface area contributed by atoms with Gasteiger partial charge in [-0.15, -0.1) is 0 Å². The SMILES string of the molecule is CC1(C)OC(c2ccc3oc4ccc(-n5c6ccccc6c6ccccc65)cc4c3c2)OC1(C)C. The molecule has 0 amide bonds. The Morgan fingerprint density at radius 1 is 0.600 bits per heavy atom. The van der Waals surface area contributed by atoms with Gasteiger partial charge in [0.1, 0.15) is 11.2 Å². The number of para-hydroxylation sites is 2. The Morgan fingerprint density at radius 3 is 1.77 bits per heavy atom. The molecule has 4 heteroatoms. The zero-order chi connectivity index (χ0) is 23.9. The van der Waals surface area contributed by atoms with E-state index in [0.29, 0.717) is 0 Å². The van der Waals surface area contributed by atoms with Crippen LogP contribution in [0.3, 0.4) is 0 Å². The zero-order valence-electron chi connectivity index (χ0n) is 20.3. The number of aromatic nitrogens is 1. The maximum Gasteiger partial charge on any atom is 0.185 e. The van der Waals surface area contributed by atoms with Crippen molar-refractivity contribution in [3.05, 3.63) is 90.5 Å². The highest BCUT2D eigenvalue weighted by molar-refractivity contribution is 6.10. The summed E-state index contributed by atoms with van der Waals surface area (Å²) in [4.78, 5) is 0. The van der Waals surface area contributed by atoms with Crippen molar-refractivity contribution in [1.29, 1.82) is 0 Å². The summed E-state index contributed by atoms with van der Waals surface area (Å²) in [6.45, 7) is 8.32. The van der Waals surface area contributed by atoms with Crippen molar-refractivity contribution in [3.8, 4) is 5.69 Å². The van der Waals surface area contributed by atoms with Crippen LogP contribution in [0.4, 0.5) is 0 Å². The van der Waals surface area contributed by atoms with Crippen molar-refractivity contribution < 1.29 is 13.9 Å². The van der Waals surface area contributed by atoms with Crippen LogP contribution < -0.4 is 0 Å². The monoisotopic (exact) mass is 461 g/mol. The fourth-order valence-electron chi connectivity index (χ4n) is 5.25. The average Bonchev–Trinajstić information content (AvgIpc) is 3.45. The normalized spacial score (nSPS) is 17.8. The van der Waals surface area contributed by atoms with E-state index < -0.39 is 6.29 Å². The van der Waals surface area contributed by atoms with Crippen LogP contribution in [-0.4, -0.2) is 15.8 Å². The van der Waals surface area contributed by atoms with Crippen molar-refractivity contribution in [1.82, 2.24) is 4.57 Å². The molecule has 174 valence electrons. The highest BCUT2D eigenvalue weighted by Crippen LogP contribution is 2.45. The highest BCUT2D eigenvalue weighted by atomic mass is 16.7. The lowest BCUT2D eigenvalue weighted by atomic mass is 9.90. The predicted molar refractivity (Wildman–Crippen MR) is 141 cm³/mol. The third kappa shape index (κ3) is 2.94. The quantitative estimate of drug-likeness (QED) is 0.260. The lowest BCUT2D eigenvalue weighted by Crippen LogP contribution is -2.41. The Hall–Kier alpha value is -3.60. The van der Waals surface area contributed by atoms with Gasteiger partial charge >= 0.3 is 0 Å². The molecule has 0 N–H and O–H groups in total. The predicted octanol–water partition coefficient (Wildman–Crippen LogP) is 8.29. The fourth-order valence-corrected chi connectivity index (χ4v) is 5.25. The summed E-state index contributed by atoms with van der Waals surface area (Å²) in [6.07, 6.45) is -0.408. The minimum Gasteiger partial charge on any atom is -0.456 e. The third-order valence-corrected chi connectivity index (χ3v) is 7.84. The number of benzene rings is 4. The van der Waals surface area contributed by atoms with Crippen LogP contribution >= 0.6 is 0 Å². The molecule has 1 fully saturated rings. The number of hydrogen-bond acceptors (Lipinski definition) is 3. The van der Waals surface area contributed by atoms with E-state index in [1.165, 1.54) is 21.8 Å². The Morgan fingerprint density at radius 2 is 1.14 bits per heavy atom. The van der Waals surface area contributed by atoms with Crippen molar-refractivity contribution in [2.24, 2.45) is 0 Å². The van der Waals surface area contributed by atoms with E-state index in [-0.39, 0.29) is 11.2 Å². The number of fused-ring (bicyclic) bond motifs is 6. The summed E-state index contributed by atoms with van der Waals surface area (Å²) < 4.78 is 21.2. The summed E-state index contributed by atoms with van der Waals surface area (Å²) in [5.41, 5.74) is 5.47. The van der Waals surface area contributed by atoms with E-state index in [1.54, 1.807) is 0 Å². The lowest BCUT2D eigenvalue weighted by Gasteiger charge is -2.30. The van der Waals surface area contributed by atoms with E-state index >= 15 is 0 Å². The molecule has 0 spiro atoms. The minimum absolute atomic E-state index is 0.380. The van der Waals surface area contributed by atoms with Gasteiger partial charge in [-0.05, 0) is 70.2 Å². The molecule has 4 nitrogen and oxygen atoms in total. The molecule has 0 atom stereocenters. The van der Waals surface area contributed by atoms with Crippen LogP contribution in [0.2, 0.25) is 0 Å². The summed E-state index contributed by atoms with van der Waals surface area (Å²) in [5.74, 6) is 0. The van der Waals surface area contributed by atoms with E-state index in [4.69, 9.17) is 13.9 Å². The highest BCUT2D eigenvalue weighted by Gasteiger charge is 2.49. The smallest absolute Gasteiger partial charge is 0.185 e. The van der Waals surface area contributed by atoms with Crippen LogP contribution in [0.1, 0.15) is 39.5 Å². The second-order valence-corrected chi connectivity index (χ2v) is 10.5. The molecular formula is C31H27NO3. The molecule has 0 radical (unpaired) electrons. The van der Waals surface area contributed by atoms with Crippen molar-refractivity contribution in [3.63, 3.8) is 0 Å². The first-order valence-electron chi connectivity index (χ1n) is 12.1. The van der Waals surface area contributed by atoms with E-state index in [1.807, 2.05) is 12.1 Å². The standard InChI is InChI=1S/C31H27NO3/c1-30(2)31(3,4)35-29(34-30)19-13-15-27-23(17-19)24-18-20(14-16-28(24)33-27)32-25-11-7-5-9-21(25)22-10-6-8-12-26(22)32/h5-18,29H,1-4H3. The van der Waals surface area contributed by atoms with Gasteiger partial charge in [-0.3, -0.25) is 0 Å². The van der Waals surface area contributed by atoms with Crippen molar-refractivity contribution in [2.45, 2.75) is 45.2 Å². The number of furan rings is 1. The maximum absolute atomic E-state index is 6.31. The molecule has 3 heterocycles. The van der Waals surface area contributed by atoms with Gasteiger partial charge in [0.15, 0.2) is 6.29 Å². The van der Waals surface area contributed by atoms with Gasteiger partial charge in [-0.1, -0.05) is 42.5 Å². The van der Waals surface area contributed by atoms with E-state index in [2.05, 4.69) is 105 Å². The average molecular weight is 462 g/mol. The number of hydrogen-bond donors (Lipinski definition) is 0. The summed E-state index contributed by atoms with van der Waals surface area (Å²) in [5, 5.41) is 4.65. The summed E-state index contributed by atoms with van der Waals surface area (Å²) >= 11 is 0. The second-order valence-electron chi connectivity index (χ2n) is 10.5. The van der Waals surface area contributed by atoms with Gasteiger partial charge in [0.25, 0.3) is 0 Å². The largest absolute Gasteiger partial charge is 0.456 e. The molecule has 0 saturated carbocycles. The Balaban J connectivity index is 1.42. The first-order valence-corrected chi connectivity index (χ1v) is 12.1. The molecule has 7 rings (SSSR count). The first kappa shape index (κ1) is 20.7. The number of nitrogens with zero attached hydrogens (tertiary/aromatic N) is 1. The van der Waals surface area contributed by atoms with Gasteiger partial charge < -0.3 is 18.5 Å². The Kier molecular flexibility index (Phi) is 4.13. The maximum atomic E-state index is 6.31. The van der Waals surface area contributed by atoms with Crippen LogP contribution in [0.25, 0.3) is 49.4 Å². The Labute approximate surface area is 203 Å². The molecule has 4 aromatic carbocycles. The first-order chi connectivity index (χ1) is 16.8. The molecule has 2 aromatic heterocycles. The summed E-state index contributed by atoms with van der Waals surface area (Å²) in [7, 11) is 0. The molecule has 6 aromatic rings. The van der Waals surface area contributed by atoms with E-state index in [9.17, 15) is 0 Å². The van der Waals surface area contributed by atoms with Crippen LogP contribution in [0, 0.1) is 0 Å². The number of ether oxygens (including phenoxy) is 2.